The highest BCUT2D eigenvalue weighted by molar-refractivity contribution is 5.27. The average molecular weight is 178 g/mol. The summed E-state index contributed by atoms with van der Waals surface area (Å²) in [7, 11) is 0. The maximum absolute atomic E-state index is 9.55. The third-order valence-corrected chi connectivity index (χ3v) is 4.64. The molecule has 13 heavy (non-hydrogen) atoms. The van der Waals surface area contributed by atoms with Crippen LogP contribution in [0, 0.1) is 17.3 Å². The maximum atomic E-state index is 9.55. The van der Waals surface area contributed by atoms with E-state index in [0.717, 1.165) is 11.8 Å². The van der Waals surface area contributed by atoms with Crippen LogP contribution in [0.3, 0.4) is 0 Å². The van der Waals surface area contributed by atoms with Gasteiger partial charge in [0, 0.05) is 12.0 Å². The van der Waals surface area contributed by atoms with E-state index < -0.39 is 0 Å². The SMILES string of the molecule is OC[C@@]12CCC[C@@H]1C1=CCCC1C2. The number of aliphatic hydroxyl groups is 1. The molecule has 1 nitrogen and oxygen atoms in total. The largest absolute Gasteiger partial charge is 0.396 e. The first kappa shape index (κ1) is 8.05. The van der Waals surface area contributed by atoms with E-state index in [1.54, 1.807) is 5.57 Å². The average Bonchev–Trinajstić information content (AvgIpc) is 2.72. The molecule has 1 unspecified atom stereocenters. The highest BCUT2D eigenvalue weighted by Gasteiger charge is 2.52. The summed E-state index contributed by atoms with van der Waals surface area (Å²) in [6.07, 6.45) is 10.4. The Labute approximate surface area is 79.8 Å². The standard InChI is InChI=1S/C12H18O/c13-8-12-6-2-5-11(12)10-4-1-3-9(10)7-12/h4,9,11,13H,1-3,5-8H2/t9?,11-,12+/m1/s1. The fraction of sp³-hybridized carbons (Fsp3) is 0.833. The Morgan fingerprint density at radius 2 is 2.38 bits per heavy atom. The summed E-state index contributed by atoms with van der Waals surface area (Å²) in [4.78, 5) is 0. The van der Waals surface area contributed by atoms with Gasteiger partial charge >= 0.3 is 0 Å². The molecule has 0 aliphatic heterocycles. The third kappa shape index (κ3) is 0.914. The van der Waals surface area contributed by atoms with Gasteiger partial charge in [0.1, 0.15) is 0 Å². The summed E-state index contributed by atoms with van der Waals surface area (Å²) in [5.41, 5.74) is 2.06. The van der Waals surface area contributed by atoms with Crippen LogP contribution in [0.25, 0.3) is 0 Å². The van der Waals surface area contributed by atoms with Crippen molar-refractivity contribution in [3.8, 4) is 0 Å². The van der Waals surface area contributed by atoms with Gasteiger partial charge in [-0.3, -0.25) is 0 Å². The lowest BCUT2D eigenvalue weighted by atomic mass is 9.80. The molecule has 0 saturated heterocycles. The van der Waals surface area contributed by atoms with Crippen molar-refractivity contribution < 1.29 is 5.11 Å². The molecule has 0 amide bonds. The molecule has 3 aliphatic rings. The lowest BCUT2D eigenvalue weighted by Gasteiger charge is -2.27. The summed E-state index contributed by atoms with van der Waals surface area (Å²) in [6, 6.07) is 0. The van der Waals surface area contributed by atoms with E-state index in [1.165, 1.54) is 38.5 Å². The lowest BCUT2D eigenvalue weighted by molar-refractivity contribution is 0.106. The van der Waals surface area contributed by atoms with Gasteiger partial charge < -0.3 is 5.11 Å². The minimum absolute atomic E-state index is 0.330. The lowest BCUT2D eigenvalue weighted by Crippen LogP contribution is -2.25. The molecule has 2 fully saturated rings. The molecule has 3 rings (SSSR count). The predicted octanol–water partition coefficient (Wildman–Crippen LogP) is 2.51. The Balaban J connectivity index is 1.97. The van der Waals surface area contributed by atoms with Gasteiger partial charge in [-0.05, 0) is 43.9 Å². The fourth-order valence-electron chi connectivity index (χ4n) is 4.08. The molecule has 0 aromatic heterocycles. The Bertz CT molecular complexity index is 256. The van der Waals surface area contributed by atoms with Crippen LogP contribution < -0.4 is 0 Å². The van der Waals surface area contributed by atoms with E-state index in [1.807, 2.05) is 0 Å². The smallest absolute Gasteiger partial charge is 0.0493 e. The van der Waals surface area contributed by atoms with Gasteiger partial charge in [0.25, 0.3) is 0 Å². The van der Waals surface area contributed by atoms with Crippen molar-refractivity contribution in [1.29, 1.82) is 0 Å². The van der Waals surface area contributed by atoms with E-state index >= 15 is 0 Å². The Hall–Kier alpha value is -0.300. The highest BCUT2D eigenvalue weighted by Crippen LogP contribution is 2.61. The van der Waals surface area contributed by atoms with Crippen molar-refractivity contribution in [2.24, 2.45) is 17.3 Å². The summed E-state index contributed by atoms with van der Waals surface area (Å²) in [5, 5.41) is 9.55. The first-order valence-corrected chi connectivity index (χ1v) is 5.66. The van der Waals surface area contributed by atoms with Crippen LogP contribution in [-0.2, 0) is 0 Å². The molecule has 3 atom stereocenters. The molecule has 2 saturated carbocycles. The molecule has 0 aromatic rings. The number of hydrogen-bond donors (Lipinski definition) is 1. The first-order valence-electron chi connectivity index (χ1n) is 5.66. The summed E-state index contributed by atoms with van der Waals surface area (Å²) in [5.74, 6) is 1.63. The number of aliphatic hydroxyl groups excluding tert-OH is 1. The highest BCUT2D eigenvalue weighted by atomic mass is 16.3. The Morgan fingerprint density at radius 3 is 3.23 bits per heavy atom. The van der Waals surface area contributed by atoms with Crippen molar-refractivity contribution in [2.75, 3.05) is 6.61 Å². The summed E-state index contributed by atoms with van der Waals surface area (Å²) in [6.45, 7) is 0.436. The third-order valence-electron chi connectivity index (χ3n) is 4.64. The molecule has 0 aromatic carbocycles. The van der Waals surface area contributed by atoms with Crippen molar-refractivity contribution in [3.63, 3.8) is 0 Å². The molecule has 0 bridgehead atoms. The zero-order valence-electron chi connectivity index (χ0n) is 8.13. The predicted molar refractivity (Wildman–Crippen MR) is 52.3 cm³/mol. The molecular formula is C12H18O. The molecule has 0 spiro atoms. The summed E-state index contributed by atoms with van der Waals surface area (Å²) < 4.78 is 0. The van der Waals surface area contributed by atoms with Crippen molar-refractivity contribution in [1.82, 2.24) is 0 Å². The second kappa shape index (κ2) is 2.60. The van der Waals surface area contributed by atoms with Crippen LogP contribution in [0.5, 0.6) is 0 Å². The van der Waals surface area contributed by atoms with E-state index in [0.29, 0.717) is 12.0 Å². The minimum atomic E-state index is 0.330. The van der Waals surface area contributed by atoms with Crippen LogP contribution in [0.15, 0.2) is 11.6 Å². The molecule has 1 N–H and O–H groups in total. The van der Waals surface area contributed by atoms with Gasteiger partial charge in [0.2, 0.25) is 0 Å². The molecular weight excluding hydrogens is 160 g/mol. The minimum Gasteiger partial charge on any atom is -0.396 e. The molecule has 3 aliphatic carbocycles. The second-order valence-corrected chi connectivity index (χ2v) is 5.15. The van der Waals surface area contributed by atoms with Gasteiger partial charge in [-0.25, -0.2) is 0 Å². The number of hydrogen-bond acceptors (Lipinski definition) is 1. The second-order valence-electron chi connectivity index (χ2n) is 5.15. The van der Waals surface area contributed by atoms with Crippen molar-refractivity contribution >= 4 is 0 Å². The Morgan fingerprint density at radius 1 is 1.46 bits per heavy atom. The number of allylic oxidation sites excluding steroid dienone is 2. The quantitative estimate of drug-likeness (QED) is 0.612. The summed E-state index contributed by atoms with van der Waals surface area (Å²) >= 11 is 0. The topological polar surface area (TPSA) is 20.2 Å². The van der Waals surface area contributed by atoms with Crippen molar-refractivity contribution in [3.05, 3.63) is 11.6 Å². The Kier molecular flexibility index (Phi) is 1.61. The number of fused-ring (bicyclic) bond motifs is 3. The number of rotatable bonds is 1. The molecule has 72 valence electrons. The van der Waals surface area contributed by atoms with Crippen LogP contribution in [-0.4, -0.2) is 11.7 Å². The monoisotopic (exact) mass is 178 g/mol. The van der Waals surface area contributed by atoms with E-state index in [-0.39, 0.29) is 0 Å². The van der Waals surface area contributed by atoms with Gasteiger partial charge in [0.15, 0.2) is 0 Å². The normalized spacial score (nSPS) is 47.6. The van der Waals surface area contributed by atoms with Crippen LogP contribution in [0.1, 0.15) is 38.5 Å². The molecule has 0 radical (unpaired) electrons. The van der Waals surface area contributed by atoms with Crippen molar-refractivity contribution in [2.45, 2.75) is 38.5 Å². The van der Waals surface area contributed by atoms with E-state index in [2.05, 4.69) is 6.08 Å². The van der Waals surface area contributed by atoms with E-state index in [9.17, 15) is 5.11 Å². The first-order chi connectivity index (χ1) is 6.36. The van der Waals surface area contributed by atoms with Gasteiger partial charge in [-0.1, -0.05) is 18.1 Å². The van der Waals surface area contributed by atoms with Crippen LogP contribution >= 0.6 is 0 Å². The molecule has 1 heteroatoms. The van der Waals surface area contributed by atoms with E-state index in [4.69, 9.17) is 0 Å². The zero-order valence-corrected chi connectivity index (χ0v) is 8.13. The fourth-order valence-corrected chi connectivity index (χ4v) is 4.08. The van der Waals surface area contributed by atoms with Gasteiger partial charge in [0.05, 0.1) is 0 Å². The maximum Gasteiger partial charge on any atom is 0.0493 e. The van der Waals surface area contributed by atoms with Crippen LogP contribution in [0.2, 0.25) is 0 Å². The van der Waals surface area contributed by atoms with Crippen LogP contribution in [0.4, 0.5) is 0 Å². The van der Waals surface area contributed by atoms with Gasteiger partial charge in [-0.15, -0.1) is 0 Å². The van der Waals surface area contributed by atoms with Gasteiger partial charge in [-0.2, -0.15) is 0 Å². The molecule has 0 heterocycles. The zero-order chi connectivity index (χ0) is 8.89.